The highest BCUT2D eigenvalue weighted by molar-refractivity contribution is 9.10. The first kappa shape index (κ1) is 14.2. The molecule has 1 aromatic heterocycles. The Balaban J connectivity index is 1.72. The van der Waals surface area contributed by atoms with Crippen LogP contribution < -0.4 is 5.32 Å². The lowest BCUT2D eigenvalue weighted by Crippen LogP contribution is -2.18. The van der Waals surface area contributed by atoms with Crippen LogP contribution in [0.2, 0.25) is 0 Å². The Hall–Kier alpha value is -1.78. The van der Waals surface area contributed by atoms with Crippen LogP contribution >= 0.6 is 15.9 Å². The molecule has 4 heteroatoms. The van der Waals surface area contributed by atoms with Gasteiger partial charge in [-0.25, -0.2) is 4.98 Å². The molecule has 0 bridgehead atoms. The minimum Gasteiger partial charge on any atom is -0.305 e. The molecule has 0 aliphatic rings. The maximum absolute atomic E-state index is 4.64. The summed E-state index contributed by atoms with van der Waals surface area (Å²) in [5.41, 5.74) is 4.05. The highest BCUT2D eigenvalue weighted by Gasteiger charge is 2.05. The van der Waals surface area contributed by atoms with Gasteiger partial charge in [0.1, 0.15) is 0 Å². The maximum Gasteiger partial charge on any atom is 0.0898 e. The summed E-state index contributed by atoms with van der Waals surface area (Å²) in [6.07, 6.45) is 1.83. The van der Waals surface area contributed by atoms with Gasteiger partial charge in [0.05, 0.1) is 22.9 Å². The summed E-state index contributed by atoms with van der Waals surface area (Å²) in [4.78, 5) is 9.10. The normalized spacial score (nSPS) is 12.5. The van der Waals surface area contributed by atoms with Crippen molar-refractivity contribution in [2.24, 2.45) is 0 Å². The molecule has 0 aliphatic heterocycles. The number of hydrogen-bond acceptors (Lipinski definition) is 3. The maximum atomic E-state index is 4.64. The molecule has 0 saturated carbocycles. The Kier molecular flexibility index (Phi) is 4.27. The second-order valence-corrected chi connectivity index (χ2v) is 5.92. The fourth-order valence-corrected chi connectivity index (χ4v) is 2.57. The van der Waals surface area contributed by atoms with Crippen molar-refractivity contribution in [2.75, 3.05) is 0 Å². The molecule has 0 fully saturated rings. The van der Waals surface area contributed by atoms with Gasteiger partial charge in [0.25, 0.3) is 0 Å². The zero-order valence-corrected chi connectivity index (χ0v) is 13.3. The predicted octanol–water partition coefficient (Wildman–Crippen LogP) is 4.24. The van der Waals surface area contributed by atoms with E-state index in [2.05, 4.69) is 62.4 Å². The molecule has 0 radical (unpaired) electrons. The summed E-state index contributed by atoms with van der Waals surface area (Å²) in [5.74, 6) is 0. The first-order valence-electron chi connectivity index (χ1n) is 6.92. The van der Waals surface area contributed by atoms with E-state index in [1.165, 1.54) is 5.56 Å². The zero-order chi connectivity index (χ0) is 14.7. The van der Waals surface area contributed by atoms with Crippen LogP contribution in [0.3, 0.4) is 0 Å². The summed E-state index contributed by atoms with van der Waals surface area (Å²) in [6, 6.07) is 16.6. The molecule has 21 heavy (non-hydrogen) atoms. The van der Waals surface area contributed by atoms with Gasteiger partial charge in [0.2, 0.25) is 0 Å². The van der Waals surface area contributed by atoms with Crippen LogP contribution in [-0.4, -0.2) is 9.97 Å². The fourth-order valence-electron chi connectivity index (χ4n) is 2.22. The summed E-state index contributed by atoms with van der Waals surface area (Å²) < 4.78 is 1.02. The molecule has 1 atom stereocenters. The van der Waals surface area contributed by atoms with Gasteiger partial charge in [0.15, 0.2) is 0 Å². The Morgan fingerprint density at radius 2 is 1.90 bits per heavy atom. The molecule has 1 N–H and O–H groups in total. The third-order valence-electron chi connectivity index (χ3n) is 3.44. The summed E-state index contributed by atoms with van der Waals surface area (Å²) >= 11 is 3.45. The average Bonchev–Trinajstić information content (AvgIpc) is 2.53. The van der Waals surface area contributed by atoms with Crippen molar-refractivity contribution in [1.29, 1.82) is 0 Å². The van der Waals surface area contributed by atoms with Gasteiger partial charge < -0.3 is 5.32 Å². The first-order valence-corrected chi connectivity index (χ1v) is 7.71. The second kappa shape index (κ2) is 6.33. The number of halogens is 1. The van der Waals surface area contributed by atoms with Crippen molar-refractivity contribution in [2.45, 2.75) is 19.5 Å². The van der Waals surface area contributed by atoms with Crippen LogP contribution in [0.25, 0.3) is 11.0 Å². The van der Waals surface area contributed by atoms with Crippen molar-refractivity contribution in [3.8, 4) is 0 Å². The van der Waals surface area contributed by atoms with Gasteiger partial charge in [-0.05, 0) is 30.7 Å². The topological polar surface area (TPSA) is 37.8 Å². The van der Waals surface area contributed by atoms with E-state index < -0.39 is 0 Å². The van der Waals surface area contributed by atoms with Crippen LogP contribution in [0.1, 0.15) is 24.2 Å². The Morgan fingerprint density at radius 1 is 1.10 bits per heavy atom. The molecular weight excluding hydrogens is 326 g/mol. The molecule has 0 unspecified atom stereocenters. The summed E-state index contributed by atoms with van der Waals surface area (Å²) in [7, 11) is 0. The van der Waals surface area contributed by atoms with Crippen molar-refractivity contribution < 1.29 is 0 Å². The van der Waals surface area contributed by atoms with Crippen molar-refractivity contribution in [3.05, 3.63) is 70.5 Å². The standard InChI is InChI=1S/C17H16BrN3/c1-12(13-5-3-2-4-6-13)19-10-15-11-20-17-9-14(18)7-8-16(17)21-15/h2-9,11-12,19H,10H2,1H3/t12-/m1/s1. The van der Waals surface area contributed by atoms with Gasteiger partial charge in [-0.15, -0.1) is 0 Å². The quantitative estimate of drug-likeness (QED) is 0.771. The zero-order valence-electron chi connectivity index (χ0n) is 11.8. The summed E-state index contributed by atoms with van der Waals surface area (Å²) in [6.45, 7) is 2.86. The molecule has 1 heterocycles. The third-order valence-corrected chi connectivity index (χ3v) is 3.94. The van der Waals surface area contributed by atoms with E-state index in [1.807, 2.05) is 30.5 Å². The van der Waals surface area contributed by atoms with E-state index in [4.69, 9.17) is 0 Å². The molecule has 0 aliphatic carbocycles. The molecule has 3 nitrogen and oxygen atoms in total. The number of aromatic nitrogens is 2. The number of nitrogens with one attached hydrogen (secondary N) is 1. The van der Waals surface area contributed by atoms with Gasteiger partial charge in [-0.1, -0.05) is 46.3 Å². The van der Waals surface area contributed by atoms with Gasteiger partial charge in [-0.3, -0.25) is 4.98 Å². The molecule has 0 amide bonds. The Bertz CT molecular complexity index is 743. The molecule has 0 spiro atoms. The lowest BCUT2D eigenvalue weighted by atomic mass is 10.1. The number of benzene rings is 2. The molecule has 3 aromatic rings. The number of fused-ring (bicyclic) bond motifs is 1. The molecule has 2 aromatic carbocycles. The van der Waals surface area contributed by atoms with Crippen molar-refractivity contribution in [3.63, 3.8) is 0 Å². The highest BCUT2D eigenvalue weighted by Crippen LogP contribution is 2.17. The van der Waals surface area contributed by atoms with Crippen LogP contribution in [0, 0.1) is 0 Å². The van der Waals surface area contributed by atoms with E-state index in [9.17, 15) is 0 Å². The molecule has 106 valence electrons. The number of nitrogens with zero attached hydrogens (tertiary/aromatic N) is 2. The van der Waals surface area contributed by atoms with Crippen LogP contribution in [-0.2, 0) is 6.54 Å². The van der Waals surface area contributed by atoms with Gasteiger partial charge >= 0.3 is 0 Å². The van der Waals surface area contributed by atoms with Gasteiger partial charge in [-0.2, -0.15) is 0 Å². The largest absolute Gasteiger partial charge is 0.305 e. The minimum atomic E-state index is 0.286. The Labute approximate surface area is 132 Å². The minimum absolute atomic E-state index is 0.286. The lowest BCUT2D eigenvalue weighted by molar-refractivity contribution is 0.568. The molecule has 0 saturated heterocycles. The number of rotatable bonds is 4. The van der Waals surface area contributed by atoms with Gasteiger partial charge in [0, 0.05) is 17.1 Å². The molecule has 3 rings (SSSR count). The predicted molar refractivity (Wildman–Crippen MR) is 88.9 cm³/mol. The van der Waals surface area contributed by atoms with Crippen molar-refractivity contribution >= 4 is 27.0 Å². The SMILES string of the molecule is C[C@@H](NCc1cnc2cc(Br)ccc2n1)c1ccccc1. The van der Waals surface area contributed by atoms with Crippen molar-refractivity contribution in [1.82, 2.24) is 15.3 Å². The van der Waals surface area contributed by atoms with Crippen LogP contribution in [0.15, 0.2) is 59.2 Å². The van der Waals surface area contributed by atoms with E-state index in [1.54, 1.807) is 0 Å². The number of hydrogen-bond donors (Lipinski definition) is 1. The first-order chi connectivity index (χ1) is 10.2. The second-order valence-electron chi connectivity index (χ2n) is 5.01. The smallest absolute Gasteiger partial charge is 0.0898 e. The third kappa shape index (κ3) is 3.46. The van der Waals surface area contributed by atoms with Crippen LogP contribution in [0.5, 0.6) is 0 Å². The monoisotopic (exact) mass is 341 g/mol. The van der Waals surface area contributed by atoms with E-state index in [0.29, 0.717) is 6.54 Å². The fraction of sp³-hybridized carbons (Fsp3) is 0.176. The Morgan fingerprint density at radius 3 is 2.71 bits per heavy atom. The van der Waals surface area contributed by atoms with E-state index in [-0.39, 0.29) is 6.04 Å². The lowest BCUT2D eigenvalue weighted by Gasteiger charge is -2.13. The molecular formula is C17H16BrN3. The average molecular weight is 342 g/mol. The van der Waals surface area contributed by atoms with E-state index in [0.717, 1.165) is 21.2 Å². The van der Waals surface area contributed by atoms with Crippen LogP contribution in [0.4, 0.5) is 0 Å². The summed E-state index contributed by atoms with van der Waals surface area (Å²) in [5, 5.41) is 3.48. The highest BCUT2D eigenvalue weighted by atomic mass is 79.9. The van der Waals surface area contributed by atoms with E-state index >= 15 is 0 Å².